The number of nitrogens with one attached hydrogen (secondary N) is 3. The lowest BCUT2D eigenvalue weighted by atomic mass is 9.93. The van der Waals surface area contributed by atoms with Crippen LogP contribution in [0, 0.1) is 12.8 Å². The van der Waals surface area contributed by atoms with E-state index in [0.29, 0.717) is 35.1 Å². The second-order valence-corrected chi connectivity index (χ2v) is 10.7. The predicted octanol–water partition coefficient (Wildman–Crippen LogP) is 4.95. The van der Waals surface area contributed by atoms with Crippen LogP contribution in [0.1, 0.15) is 31.4 Å². The SMILES string of the molecule is Cc1cccc(-c2nccc(Nc3ccnc(Nc4cccc(NC(=O)C5CCN(C6CCOCC6)CC5)c4)n3)n2)n1. The van der Waals surface area contributed by atoms with Crippen LogP contribution in [0.3, 0.4) is 0 Å². The van der Waals surface area contributed by atoms with Crippen molar-refractivity contribution in [2.24, 2.45) is 5.92 Å². The molecule has 216 valence electrons. The zero-order chi connectivity index (χ0) is 28.7. The first-order valence-corrected chi connectivity index (χ1v) is 14.5. The maximum absolute atomic E-state index is 13.1. The van der Waals surface area contributed by atoms with E-state index in [1.807, 2.05) is 49.4 Å². The number of pyridine rings is 1. The number of nitrogens with zero attached hydrogens (tertiary/aromatic N) is 6. The van der Waals surface area contributed by atoms with Gasteiger partial charge in [0, 0.05) is 54.6 Å². The summed E-state index contributed by atoms with van der Waals surface area (Å²) in [5.74, 6) is 2.21. The van der Waals surface area contributed by atoms with Crippen LogP contribution in [0.15, 0.2) is 67.0 Å². The Morgan fingerprint density at radius 1 is 0.833 bits per heavy atom. The normalized spacial score (nSPS) is 16.6. The van der Waals surface area contributed by atoms with Crippen molar-refractivity contribution in [1.82, 2.24) is 29.8 Å². The molecule has 0 spiro atoms. The second kappa shape index (κ2) is 13.0. The van der Waals surface area contributed by atoms with Crippen molar-refractivity contribution in [2.45, 2.75) is 38.6 Å². The highest BCUT2D eigenvalue weighted by molar-refractivity contribution is 5.93. The van der Waals surface area contributed by atoms with E-state index >= 15 is 0 Å². The van der Waals surface area contributed by atoms with Crippen LogP contribution in [0.4, 0.5) is 29.0 Å². The number of aryl methyl sites for hydroxylation is 1. The lowest BCUT2D eigenvalue weighted by molar-refractivity contribution is -0.121. The number of hydrogen-bond acceptors (Lipinski definition) is 10. The molecule has 0 unspecified atom stereocenters. The van der Waals surface area contributed by atoms with Crippen LogP contribution in [0.25, 0.3) is 11.5 Å². The average molecular weight is 566 g/mol. The first kappa shape index (κ1) is 27.7. The maximum atomic E-state index is 13.1. The van der Waals surface area contributed by atoms with E-state index in [9.17, 15) is 4.79 Å². The van der Waals surface area contributed by atoms with E-state index in [0.717, 1.165) is 69.1 Å². The fourth-order valence-electron chi connectivity index (χ4n) is 5.46. The van der Waals surface area contributed by atoms with Gasteiger partial charge in [-0.15, -0.1) is 0 Å². The van der Waals surface area contributed by atoms with Crippen LogP contribution in [-0.2, 0) is 9.53 Å². The molecule has 4 aromatic rings. The Morgan fingerprint density at radius 2 is 1.57 bits per heavy atom. The van der Waals surface area contributed by atoms with Crippen LogP contribution in [0.5, 0.6) is 0 Å². The molecule has 6 rings (SSSR count). The molecule has 0 aliphatic carbocycles. The minimum atomic E-state index is 0.0211. The molecule has 2 saturated heterocycles. The Bertz CT molecular complexity index is 1520. The molecule has 0 saturated carbocycles. The molecule has 0 bridgehead atoms. The summed E-state index contributed by atoms with van der Waals surface area (Å²) in [4.78, 5) is 38.0. The number of rotatable bonds is 8. The molecule has 2 aliphatic heterocycles. The summed E-state index contributed by atoms with van der Waals surface area (Å²) in [5, 5.41) is 9.56. The molecule has 11 nitrogen and oxygen atoms in total. The largest absolute Gasteiger partial charge is 0.381 e. The summed E-state index contributed by atoms with van der Waals surface area (Å²) >= 11 is 0. The third-order valence-electron chi connectivity index (χ3n) is 7.68. The van der Waals surface area contributed by atoms with Crippen molar-refractivity contribution in [3.63, 3.8) is 0 Å². The Kier molecular flexibility index (Phi) is 8.57. The summed E-state index contributed by atoms with van der Waals surface area (Å²) in [5.41, 5.74) is 3.12. The van der Waals surface area contributed by atoms with Crippen LogP contribution in [-0.4, -0.2) is 68.1 Å². The van der Waals surface area contributed by atoms with Gasteiger partial charge in [-0.3, -0.25) is 4.79 Å². The van der Waals surface area contributed by atoms with Crippen molar-refractivity contribution in [3.8, 4) is 11.5 Å². The summed E-state index contributed by atoms with van der Waals surface area (Å²) in [6, 6.07) is 17.5. The first-order valence-electron chi connectivity index (χ1n) is 14.5. The quantitative estimate of drug-likeness (QED) is 0.270. The van der Waals surface area contributed by atoms with Gasteiger partial charge in [-0.05, 0) is 88.2 Å². The van der Waals surface area contributed by atoms with Crippen LogP contribution >= 0.6 is 0 Å². The van der Waals surface area contributed by atoms with E-state index in [1.165, 1.54) is 0 Å². The highest BCUT2D eigenvalue weighted by Gasteiger charge is 2.29. The Labute approximate surface area is 245 Å². The number of amides is 1. The molecule has 3 N–H and O–H groups in total. The molecule has 0 atom stereocenters. The van der Waals surface area contributed by atoms with Gasteiger partial charge in [-0.25, -0.2) is 19.9 Å². The molecule has 5 heterocycles. The lowest BCUT2D eigenvalue weighted by Crippen LogP contribution is -2.45. The van der Waals surface area contributed by atoms with Gasteiger partial charge in [-0.2, -0.15) is 4.98 Å². The van der Waals surface area contributed by atoms with Gasteiger partial charge in [0.1, 0.15) is 17.3 Å². The fourth-order valence-corrected chi connectivity index (χ4v) is 5.46. The van der Waals surface area contributed by atoms with Gasteiger partial charge >= 0.3 is 0 Å². The van der Waals surface area contributed by atoms with E-state index in [-0.39, 0.29) is 11.8 Å². The standard InChI is InChI=1S/C31H35N9O2/c1-21-4-2-7-26(34-21)29-32-14-8-27(38-29)37-28-9-15-33-31(39-28)36-24-6-3-5-23(20-24)35-30(41)22-10-16-40(17-11-22)25-12-18-42-19-13-25/h2-9,14-15,20,22,25H,10-13,16-19H2,1H3,(H,35,41)(H2,32,33,36,37,38,39). The number of carbonyl (C=O) groups is 1. The van der Waals surface area contributed by atoms with Gasteiger partial charge in [0.2, 0.25) is 11.9 Å². The molecular formula is C31H35N9O2. The topological polar surface area (TPSA) is 130 Å². The number of hydrogen-bond donors (Lipinski definition) is 3. The van der Waals surface area contributed by atoms with E-state index in [4.69, 9.17) is 4.74 Å². The summed E-state index contributed by atoms with van der Waals surface area (Å²) < 4.78 is 5.50. The van der Waals surface area contributed by atoms with Crippen molar-refractivity contribution < 1.29 is 9.53 Å². The zero-order valence-electron chi connectivity index (χ0n) is 23.7. The molecule has 1 amide bonds. The van der Waals surface area contributed by atoms with E-state index < -0.39 is 0 Å². The smallest absolute Gasteiger partial charge is 0.229 e. The molecular weight excluding hydrogens is 530 g/mol. The number of benzene rings is 1. The maximum Gasteiger partial charge on any atom is 0.229 e. The Morgan fingerprint density at radius 3 is 2.38 bits per heavy atom. The Hall–Kier alpha value is -4.48. The van der Waals surface area contributed by atoms with E-state index in [2.05, 4.69) is 45.8 Å². The number of ether oxygens (including phenoxy) is 1. The van der Waals surface area contributed by atoms with Gasteiger partial charge in [0.25, 0.3) is 0 Å². The van der Waals surface area contributed by atoms with Gasteiger partial charge in [-0.1, -0.05) is 12.1 Å². The second-order valence-electron chi connectivity index (χ2n) is 10.7. The summed E-state index contributed by atoms with van der Waals surface area (Å²) in [6.45, 7) is 5.55. The van der Waals surface area contributed by atoms with Crippen LogP contribution < -0.4 is 16.0 Å². The molecule has 1 aromatic carbocycles. The van der Waals surface area contributed by atoms with Gasteiger partial charge in [0.15, 0.2) is 5.82 Å². The molecule has 42 heavy (non-hydrogen) atoms. The van der Waals surface area contributed by atoms with Crippen molar-refractivity contribution in [3.05, 3.63) is 72.7 Å². The first-order chi connectivity index (χ1) is 20.6. The van der Waals surface area contributed by atoms with Gasteiger partial charge < -0.3 is 25.6 Å². The zero-order valence-corrected chi connectivity index (χ0v) is 23.7. The number of anilines is 5. The number of piperidine rings is 1. The predicted molar refractivity (Wildman–Crippen MR) is 162 cm³/mol. The monoisotopic (exact) mass is 565 g/mol. The third-order valence-corrected chi connectivity index (χ3v) is 7.68. The summed E-state index contributed by atoms with van der Waals surface area (Å²) in [7, 11) is 0. The van der Waals surface area contributed by atoms with Crippen LogP contribution in [0.2, 0.25) is 0 Å². The number of likely N-dealkylation sites (tertiary alicyclic amines) is 1. The third kappa shape index (κ3) is 7.04. The minimum absolute atomic E-state index is 0.0211. The fraction of sp³-hybridized carbons (Fsp3) is 0.355. The molecule has 2 aliphatic rings. The molecule has 11 heteroatoms. The minimum Gasteiger partial charge on any atom is -0.381 e. The number of carbonyl (C=O) groups excluding carboxylic acids is 1. The van der Waals surface area contributed by atoms with Gasteiger partial charge in [0.05, 0.1) is 0 Å². The average Bonchev–Trinajstić information content (AvgIpc) is 3.02. The van der Waals surface area contributed by atoms with E-state index in [1.54, 1.807) is 24.5 Å². The van der Waals surface area contributed by atoms with Crippen molar-refractivity contribution >= 4 is 34.9 Å². The highest BCUT2D eigenvalue weighted by Crippen LogP contribution is 2.26. The lowest BCUT2D eigenvalue weighted by Gasteiger charge is -2.38. The molecule has 3 aromatic heterocycles. The number of aromatic nitrogens is 5. The van der Waals surface area contributed by atoms with Crippen molar-refractivity contribution in [2.75, 3.05) is 42.3 Å². The van der Waals surface area contributed by atoms with Crippen molar-refractivity contribution in [1.29, 1.82) is 0 Å². The highest BCUT2D eigenvalue weighted by atomic mass is 16.5. The summed E-state index contributed by atoms with van der Waals surface area (Å²) in [6.07, 6.45) is 7.29. The Balaban J connectivity index is 1.05. The molecule has 2 fully saturated rings. The molecule has 0 radical (unpaired) electrons.